The molecule has 0 aromatic heterocycles. The van der Waals surface area contributed by atoms with Crippen LogP contribution in [0.4, 0.5) is 14.5 Å². The number of nitrogens with zero attached hydrogens (tertiary/aromatic N) is 2. The predicted molar refractivity (Wildman–Crippen MR) is 106 cm³/mol. The molecular weight excluding hydrogens is 398 g/mol. The molecule has 0 bridgehead atoms. The third-order valence-electron chi connectivity index (χ3n) is 5.26. The van der Waals surface area contributed by atoms with Gasteiger partial charge in [0, 0.05) is 36.6 Å². The van der Waals surface area contributed by atoms with Crippen LogP contribution in [0.5, 0.6) is 0 Å². The maximum atomic E-state index is 14.3. The number of halogens is 2. The number of methoxy groups -OCH3 is 1. The molecule has 2 aromatic rings. The number of amides is 2. The van der Waals surface area contributed by atoms with Crippen molar-refractivity contribution >= 4 is 29.3 Å². The van der Waals surface area contributed by atoms with E-state index in [0.717, 1.165) is 17.2 Å². The van der Waals surface area contributed by atoms with Crippen LogP contribution in [0.1, 0.15) is 16.7 Å². The summed E-state index contributed by atoms with van der Waals surface area (Å²) in [6.45, 7) is 2.17. The van der Waals surface area contributed by atoms with E-state index in [9.17, 15) is 18.4 Å². The average molecular weight is 418 g/mol. The van der Waals surface area contributed by atoms with Gasteiger partial charge >= 0.3 is 0 Å². The molecule has 152 valence electrons. The van der Waals surface area contributed by atoms with Gasteiger partial charge in [-0.25, -0.2) is 8.78 Å². The zero-order valence-electron chi connectivity index (χ0n) is 16.1. The van der Waals surface area contributed by atoms with E-state index in [4.69, 9.17) is 4.74 Å². The fourth-order valence-corrected chi connectivity index (χ4v) is 5.43. The molecule has 1 spiro atoms. The molecule has 2 aromatic carbocycles. The van der Waals surface area contributed by atoms with E-state index < -0.39 is 16.5 Å². The van der Waals surface area contributed by atoms with Crippen LogP contribution in [0.2, 0.25) is 0 Å². The highest BCUT2D eigenvalue weighted by Crippen LogP contribution is 2.54. The maximum Gasteiger partial charge on any atom is 0.268 e. The summed E-state index contributed by atoms with van der Waals surface area (Å²) in [7, 11) is 1.44. The van der Waals surface area contributed by atoms with Gasteiger partial charge in [0.2, 0.25) is 5.91 Å². The molecule has 1 fully saturated rings. The summed E-state index contributed by atoms with van der Waals surface area (Å²) in [4.78, 5) is 28.2. The van der Waals surface area contributed by atoms with Gasteiger partial charge in [0.1, 0.15) is 18.2 Å². The number of fused-ring (bicyclic) bond motifs is 2. The van der Waals surface area contributed by atoms with Gasteiger partial charge in [0.15, 0.2) is 4.87 Å². The molecule has 0 saturated carbocycles. The van der Waals surface area contributed by atoms with Gasteiger partial charge in [0.25, 0.3) is 5.91 Å². The number of rotatable bonds is 4. The fourth-order valence-electron chi connectivity index (χ4n) is 3.96. The van der Waals surface area contributed by atoms with Crippen molar-refractivity contribution in [3.05, 3.63) is 64.7 Å². The van der Waals surface area contributed by atoms with E-state index in [1.54, 1.807) is 4.90 Å². The Bertz CT molecular complexity index is 1000. The summed E-state index contributed by atoms with van der Waals surface area (Å²) in [6, 6.07) is 8.91. The first-order chi connectivity index (χ1) is 13.9. The smallest absolute Gasteiger partial charge is 0.268 e. The molecule has 1 saturated heterocycles. The molecule has 2 aliphatic rings. The standard InChI is InChI=1S/C21H20F2N2O3S/c1-13-3-6-18-16(9-13)21(25(7-8-29-21)19(26)12-28-2)20(27)24(18)11-14-4-5-15(22)10-17(14)23/h3-6,9-10H,7-8,11-12H2,1-2H3/t21-/m1/s1. The van der Waals surface area contributed by atoms with Gasteiger partial charge in [-0.3, -0.25) is 9.59 Å². The van der Waals surface area contributed by atoms with Crippen LogP contribution in [-0.4, -0.2) is 42.7 Å². The Hall–Kier alpha value is -2.45. The summed E-state index contributed by atoms with van der Waals surface area (Å²) < 4.78 is 32.6. The monoisotopic (exact) mass is 418 g/mol. The molecule has 8 heteroatoms. The first-order valence-corrected chi connectivity index (χ1v) is 10.2. The molecule has 2 heterocycles. The first kappa shape index (κ1) is 19.8. The third kappa shape index (κ3) is 3.11. The summed E-state index contributed by atoms with van der Waals surface area (Å²) in [5.74, 6) is -1.34. The van der Waals surface area contributed by atoms with E-state index in [1.807, 2.05) is 25.1 Å². The molecule has 29 heavy (non-hydrogen) atoms. The zero-order valence-corrected chi connectivity index (χ0v) is 16.9. The first-order valence-electron chi connectivity index (χ1n) is 9.19. The maximum absolute atomic E-state index is 14.3. The topological polar surface area (TPSA) is 49.9 Å². The fraction of sp³-hybridized carbons (Fsp3) is 0.333. The van der Waals surface area contributed by atoms with Crippen LogP contribution in [0.25, 0.3) is 0 Å². The van der Waals surface area contributed by atoms with Gasteiger partial charge in [-0.1, -0.05) is 23.8 Å². The highest BCUT2D eigenvalue weighted by Gasteiger charge is 2.59. The minimum atomic E-state index is -1.19. The van der Waals surface area contributed by atoms with Crippen molar-refractivity contribution in [1.82, 2.24) is 4.90 Å². The summed E-state index contributed by atoms with van der Waals surface area (Å²) in [5.41, 5.74) is 2.52. The van der Waals surface area contributed by atoms with Crippen LogP contribution in [0, 0.1) is 18.6 Å². The summed E-state index contributed by atoms with van der Waals surface area (Å²) in [5, 5.41) is 0. The van der Waals surface area contributed by atoms with Crippen LogP contribution in [0.3, 0.4) is 0 Å². The van der Waals surface area contributed by atoms with Crippen molar-refractivity contribution in [3.63, 3.8) is 0 Å². The number of carbonyl (C=O) groups is 2. The second-order valence-electron chi connectivity index (χ2n) is 7.12. The van der Waals surface area contributed by atoms with Gasteiger partial charge in [-0.15, -0.1) is 11.8 Å². The Labute approximate surface area is 171 Å². The van der Waals surface area contributed by atoms with Gasteiger partial charge in [-0.05, 0) is 19.1 Å². The predicted octanol–water partition coefficient (Wildman–Crippen LogP) is 3.19. The van der Waals surface area contributed by atoms with E-state index in [1.165, 1.54) is 35.9 Å². The molecule has 5 nitrogen and oxygen atoms in total. The highest BCUT2D eigenvalue weighted by molar-refractivity contribution is 8.01. The van der Waals surface area contributed by atoms with Gasteiger partial charge in [0.05, 0.1) is 12.2 Å². The lowest BCUT2D eigenvalue weighted by Gasteiger charge is -2.33. The van der Waals surface area contributed by atoms with E-state index >= 15 is 0 Å². The third-order valence-corrected chi connectivity index (χ3v) is 6.68. The molecule has 1 atom stereocenters. The van der Waals surface area contributed by atoms with Crippen molar-refractivity contribution in [2.24, 2.45) is 0 Å². The van der Waals surface area contributed by atoms with Gasteiger partial charge in [-0.2, -0.15) is 0 Å². The molecule has 0 unspecified atom stereocenters. The Morgan fingerprint density at radius 3 is 2.76 bits per heavy atom. The van der Waals surface area contributed by atoms with Gasteiger partial charge < -0.3 is 14.5 Å². The quantitative estimate of drug-likeness (QED) is 0.765. The zero-order chi connectivity index (χ0) is 20.8. The summed E-state index contributed by atoms with van der Waals surface area (Å²) in [6.07, 6.45) is 0. The highest BCUT2D eigenvalue weighted by atomic mass is 32.2. The van der Waals surface area contributed by atoms with Crippen molar-refractivity contribution in [2.45, 2.75) is 18.3 Å². The summed E-state index contributed by atoms with van der Waals surface area (Å²) >= 11 is 1.40. The van der Waals surface area contributed by atoms with E-state index in [-0.39, 0.29) is 30.5 Å². The number of ether oxygens (including phenoxy) is 1. The SMILES string of the molecule is COCC(=O)N1CCS[C@]12C(=O)N(Cc1ccc(F)cc1F)c1ccc(C)cc12. The molecule has 2 amide bonds. The van der Waals surface area contributed by atoms with Crippen molar-refractivity contribution in [3.8, 4) is 0 Å². The Morgan fingerprint density at radius 1 is 1.24 bits per heavy atom. The van der Waals surface area contributed by atoms with Crippen LogP contribution >= 0.6 is 11.8 Å². The molecular formula is C21H20F2N2O3S. The Balaban J connectivity index is 1.80. The number of aryl methyl sites for hydroxylation is 1. The Morgan fingerprint density at radius 2 is 2.03 bits per heavy atom. The van der Waals surface area contributed by atoms with Crippen LogP contribution in [-0.2, 0) is 25.7 Å². The van der Waals surface area contributed by atoms with Crippen LogP contribution in [0.15, 0.2) is 36.4 Å². The molecule has 0 aliphatic carbocycles. The number of carbonyl (C=O) groups excluding carboxylic acids is 2. The molecule has 0 radical (unpaired) electrons. The molecule has 2 aliphatic heterocycles. The van der Waals surface area contributed by atoms with Crippen molar-refractivity contribution in [1.29, 1.82) is 0 Å². The lowest BCUT2D eigenvalue weighted by atomic mass is 10.0. The number of hydrogen-bond donors (Lipinski definition) is 0. The number of anilines is 1. The van der Waals surface area contributed by atoms with Crippen LogP contribution < -0.4 is 4.90 Å². The molecule has 4 rings (SSSR count). The number of hydrogen-bond acceptors (Lipinski definition) is 4. The largest absolute Gasteiger partial charge is 0.375 e. The normalized spacial score (nSPS) is 20.6. The minimum Gasteiger partial charge on any atom is -0.375 e. The lowest BCUT2D eigenvalue weighted by Crippen LogP contribution is -2.51. The minimum absolute atomic E-state index is 0.0460. The van der Waals surface area contributed by atoms with E-state index in [0.29, 0.717) is 18.0 Å². The number of thioether (sulfide) groups is 1. The number of benzene rings is 2. The molecule has 0 N–H and O–H groups in total. The second-order valence-corrected chi connectivity index (χ2v) is 8.41. The van der Waals surface area contributed by atoms with Crippen molar-refractivity contribution < 1.29 is 23.1 Å². The lowest BCUT2D eigenvalue weighted by molar-refractivity contribution is -0.143. The second kappa shape index (κ2) is 7.42. The average Bonchev–Trinajstić information content (AvgIpc) is 3.21. The van der Waals surface area contributed by atoms with Crippen molar-refractivity contribution in [2.75, 3.05) is 30.9 Å². The Kier molecular flexibility index (Phi) is 5.08. The van der Waals surface area contributed by atoms with E-state index in [2.05, 4.69) is 0 Å².